The van der Waals surface area contributed by atoms with Crippen molar-refractivity contribution in [3.05, 3.63) is 48.6 Å². The van der Waals surface area contributed by atoms with Crippen molar-refractivity contribution in [2.24, 2.45) is 0 Å². The average molecular weight is 400 g/mol. The minimum atomic E-state index is -1.10. The van der Waals surface area contributed by atoms with Gasteiger partial charge in [-0.2, -0.15) is 0 Å². The fraction of sp³-hybridized carbons (Fsp3) is 0.227. The molecule has 0 saturated heterocycles. The first-order chi connectivity index (χ1) is 13.9. The molecule has 2 aromatic rings. The highest BCUT2D eigenvalue weighted by Crippen LogP contribution is 2.53. The summed E-state index contributed by atoms with van der Waals surface area (Å²) in [7, 11) is 5.98. The molecule has 0 fully saturated rings. The van der Waals surface area contributed by atoms with Crippen LogP contribution in [-0.4, -0.2) is 46.3 Å². The van der Waals surface area contributed by atoms with E-state index in [-0.39, 0.29) is 12.4 Å². The number of carboxylic acids is 1. The number of benzene rings is 2. The number of methoxy groups -OCH3 is 4. The smallest absolute Gasteiger partial charge is 0.335 e. The standard InChI is InChI=1S/C22H24O7/c1-7-16-17(15-10-8-9-14(11-15)13(2)22(23)24)19(27-5)20(28-6)21(18(16)26-4)29-12-25-3/h7-11H,1-2,12H2,3-6H3,(H,23,24). The molecule has 0 aliphatic heterocycles. The van der Waals surface area contributed by atoms with Crippen LogP contribution in [0.5, 0.6) is 23.0 Å². The molecule has 0 aliphatic rings. The predicted molar refractivity (Wildman–Crippen MR) is 111 cm³/mol. The third-order valence-electron chi connectivity index (χ3n) is 4.26. The summed E-state index contributed by atoms with van der Waals surface area (Å²) in [6, 6.07) is 6.93. The second-order valence-corrected chi connectivity index (χ2v) is 5.84. The van der Waals surface area contributed by atoms with Crippen LogP contribution in [0.2, 0.25) is 0 Å². The van der Waals surface area contributed by atoms with Crippen molar-refractivity contribution in [3.63, 3.8) is 0 Å². The third-order valence-corrected chi connectivity index (χ3v) is 4.26. The summed E-state index contributed by atoms with van der Waals surface area (Å²) in [6.45, 7) is 7.49. The van der Waals surface area contributed by atoms with Crippen molar-refractivity contribution in [1.29, 1.82) is 0 Å². The van der Waals surface area contributed by atoms with Gasteiger partial charge in [0.05, 0.1) is 26.9 Å². The van der Waals surface area contributed by atoms with Crippen LogP contribution in [0.15, 0.2) is 37.4 Å². The lowest BCUT2D eigenvalue weighted by atomic mass is 9.93. The maximum absolute atomic E-state index is 11.3. The molecule has 7 nitrogen and oxygen atoms in total. The van der Waals surface area contributed by atoms with Gasteiger partial charge in [-0.05, 0) is 17.2 Å². The Balaban J connectivity index is 2.87. The molecule has 0 aliphatic carbocycles. The molecule has 0 amide bonds. The molecule has 154 valence electrons. The first kappa shape index (κ1) is 21.8. The summed E-state index contributed by atoms with van der Waals surface area (Å²) < 4.78 is 27.5. The maximum atomic E-state index is 11.3. The van der Waals surface area contributed by atoms with E-state index in [9.17, 15) is 9.90 Å². The lowest BCUT2D eigenvalue weighted by Gasteiger charge is -2.23. The Morgan fingerprint density at radius 3 is 2.21 bits per heavy atom. The molecule has 29 heavy (non-hydrogen) atoms. The average Bonchev–Trinajstić information content (AvgIpc) is 2.75. The molecule has 0 radical (unpaired) electrons. The number of carbonyl (C=O) groups is 1. The monoisotopic (exact) mass is 400 g/mol. The number of carboxylic acid groups (broad SMARTS) is 1. The molecule has 0 heterocycles. The molecular weight excluding hydrogens is 376 g/mol. The van der Waals surface area contributed by atoms with Crippen LogP contribution in [0.25, 0.3) is 22.8 Å². The summed E-state index contributed by atoms with van der Waals surface area (Å²) in [5, 5.41) is 9.27. The van der Waals surface area contributed by atoms with Gasteiger partial charge >= 0.3 is 5.97 Å². The van der Waals surface area contributed by atoms with Crippen molar-refractivity contribution in [2.45, 2.75) is 0 Å². The largest absolute Gasteiger partial charge is 0.492 e. The first-order valence-electron chi connectivity index (χ1n) is 8.58. The molecule has 0 aromatic heterocycles. The van der Waals surface area contributed by atoms with Crippen molar-refractivity contribution in [1.82, 2.24) is 0 Å². The van der Waals surface area contributed by atoms with Crippen molar-refractivity contribution in [2.75, 3.05) is 35.2 Å². The summed E-state index contributed by atoms with van der Waals surface area (Å²) in [5.41, 5.74) is 2.32. The Kier molecular flexibility index (Phi) is 7.27. The molecular formula is C22H24O7. The van der Waals surface area contributed by atoms with E-state index in [0.717, 1.165) is 0 Å². The van der Waals surface area contributed by atoms with Crippen LogP contribution in [-0.2, 0) is 9.53 Å². The molecule has 0 saturated carbocycles. The Morgan fingerprint density at radius 2 is 1.69 bits per heavy atom. The van der Waals surface area contributed by atoms with Crippen LogP contribution < -0.4 is 18.9 Å². The van der Waals surface area contributed by atoms with Gasteiger partial charge < -0.3 is 28.8 Å². The van der Waals surface area contributed by atoms with E-state index < -0.39 is 5.97 Å². The van der Waals surface area contributed by atoms with Crippen molar-refractivity contribution in [3.8, 4) is 34.1 Å². The summed E-state index contributed by atoms with van der Waals surface area (Å²) in [4.78, 5) is 11.3. The van der Waals surface area contributed by atoms with E-state index in [0.29, 0.717) is 45.3 Å². The minimum Gasteiger partial charge on any atom is -0.492 e. The van der Waals surface area contributed by atoms with Gasteiger partial charge in [0.25, 0.3) is 0 Å². The van der Waals surface area contributed by atoms with Gasteiger partial charge in [-0.3, -0.25) is 0 Å². The predicted octanol–water partition coefficient (Wildman–Crippen LogP) is 4.10. The normalized spacial score (nSPS) is 10.2. The first-order valence-corrected chi connectivity index (χ1v) is 8.58. The summed E-state index contributed by atoms with van der Waals surface area (Å²) in [5.74, 6) is 0.277. The summed E-state index contributed by atoms with van der Waals surface area (Å²) in [6.07, 6.45) is 1.61. The molecule has 1 N–H and O–H groups in total. The SMILES string of the molecule is C=Cc1c(OC)c(OCOC)c(OC)c(OC)c1-c1cccc(C(=C)C(=O)O)c1. The minimum absolute atomic E-state index is 0.0232. The van der Waals surface area contributed by atoms with E-state index in [4.69, 9.17) is 23.7 Å². The highest BCUT2D eigenvalue weighted by Gasteiger charge is 2.27. The second kappa shape index (κ2) is 9.66. The summed E-state index contributed by atoms with van der Waals surface area (Å²) >= 11 is 0. The molecule has 7 heteroatoms. The zero-order valence-corrected chi connectivity index (χ0v) is 16.9. The van der Waals surface area contributed by atoms with Crippen molar-refractivity contribution >= 4 is 17.6 Å². The number of rotatable bonds is 10. The van der Waals surface area contributed by atoms with E-state index >= 15 is 0 Å². The van der Waals surface area contributed by atoms with Gasteiger partial charge in [0.2, 0.25) is 11.5 Å². The van der Waals surface area contributed by atoms with E-state index in [2.05, 4.69) is 13.2 Å². The zero-order chi connectivity index (χ0) is 21.6. The number of ether oxygens (including phenoxy) is 5. The zero-order valence-electron chi connectivity index (χ0n) is 16.9. The Labute approximate surface area is 169 Å². The number of hydrogen-bond acceptors (Lipinski definition) is 6. The fourth-order valence-electron chi connectivity index (χ4n) is 2.98. The van der Waals surface area contributed by atoms with Gasteiger partial charge in [-0.1, -0.05) is 37.4 Å². The van der Waals surface area contributed by atoms with Gasteiger partial charge in [0.1, 0.15) is 0 Å². The quantitative estimate of drug-likeness (QED) is 0.475. The van der Waals surface area contributed by atoms with Crippen LogP contribution >= 0.6 is 0 Å². The molecule has 2 aromatic carbocycles. The van der Waals surface area contributed by atoms with E-state index in [1.165, 1.54) is 28.4 Å². The number of hydrogen-bond donors (Lipinski definition) is 1. The Bertz CT molecular complexity index is 931. The Morgan fingerprint density at radius 1 is 1.03 bits per heavy atom. The Hall–Kier alpha value is -3.45. The fourth-order valence-corrected chi connectivity index (χ4v) is 2.98. The number of aliphatic carboxylic acids is 1. The van der Waals surface area contributed by atoms with Crippen LogP contribution in [0.1, 0.15) is 11.1 Å². The highest BCUT2D eigenvalue weighted by atomic mass is 16.7. The van der Waals surface area contributed by atoms with Crippen LogP contribution in [0.4, 0.5) is 0 Å². The molecule has 0 unspecified atom stereocenters. The molecule has 2 rings (SSSR count). The van der Waals surface area contributed by atoms with Gasteiger partial charge in [-0.25, -0.2) is 4.79 Å². The highest BCUT2D eigenvalue weighted by molar-refractivity contribution is 6.14. The topological polar surface area (TPSA) is 83.5 Å². The molecule has 0 atom stereocenters. The van der Waals surface area contributed by atoms with Gasteiger partial charge in [0, 0.05) is 18.2 Å². The van der Waals surface area contributed by atoms with Gasteiger partial charge in [0.15, 0.2) is 18.3 Å². The molecule has 0 bridgehead atoms. The van der Waals surface area contributed by atoms with E-state index in [1.54, 1.807) is 24.3 Å². The third kappa shape index (κ3) is 4.20. The van der Waals surface area contributed by atoms with Crippen LogP contribution in [0, 0.1) is 0 Å². The lowest BCUT2D eigenvalue weighted by Crippen LogP contribution is -2.07. The molecule has 0 spiro atoms. The lowest BCUT2D eigenvalue weighted by molar-refractivity contribution is -0.130. The van der Waals surface area contributed by atoms with Crippen LogP contribution in [0.3, 0.4) is 0 Å². The van der Waals surface area contributed by atoms with Gasteiger partial charge in [-0.15, -0.1) is 0 Å². The van der Waals surface area contributed by atoms with E-state index in [1.807, 2.05) is 6.07 Å². The second-order valence-electron chi connectivity index (χ2n) is 5.84. The van der Waals surface area contributed by atoms with Crippen molar-refractivity contribution < 1.29 is 33.6 Å². The maximum Gasteiger partial charge on any atom is 0.335 e.